The molecule has 1 aromatic rings. The first kappa shape index (κ1) is 23.7. The Balaban J connectivity index is 0.00000364. The van der Waals surface area contributed by atoms with Gasteiger partial charge in [0.15, 0.2) is 5.96 Å². The monoisotopic (exact) mass is 486 g/mol. The number of benzene rings is 1. The zero-order valence-electron chi connectivity index (χ0n) is 17.1. The summed E-state index contributed by atoms with van der Waals surface area (Å²) in [6.07, 6.45) is 3.55. The Morgan fingerprint density at radius 1 is 1.11 bits per heavy atom. The molecule has 0 aromatic heterocycles. The molecule has 0 radical (unpaired) electrons. The van der Waals surface area contributed by atoms with Gasteiger partial charge in [-0.2, -0.15) is 0 Å². The van der Waals surface area contributed by atoms with Gasteiger partial charge in [-0.3, -0.25) is 9.79 Å². The molecule has 2 rings (SSSR count). The maximum Gasteiger partial charge on any atom is 0.225 e. The first-order valence-corrected chi connectivity index (χ1v) is 9.68. The minimum absolute atomic E-state index is 0. The second kappa shape index (κ2) is 11.5. The van der Waals surface area contributed by atoms with Crippen molar-refractivity contribution in [3.63, 3.8) is 0 Å². The molecule has 152 valence electrons. The number of amides is 1. The zero-order chi connectivity index (χ0) is 19.0. The van der Waals surface area contributed by atoms with E-state index in [-0.39, 0.29) is 35.3 Å². The number of rotatable bonds is 5. The first-order chi connectivity index (χ1) is 12.4. The molecule has 2 N–H and O–H groups in total. The molecule has 1 aromatic carbocycles. The molecule has 0 bridgehead atoms. The molecule has 6 heteroatoms. The number of hydrogen-bond acceptors (Lipinski definition) is 2. The highest BCUT2D eigenvalue weighted by atomic mass is 127. The third-order valence-corrected chi connectivity index (χ3v) is 4.87. The summed E-state index contributed by atoms with van der Waals surface area (Å²) >= 11 is 0. The average molecular weight is 486 g/mol. The molecule has 1 amide bonds. The topological polar surface area (TPSA) is 56.7 Å². The van der Waals surface area contributed by atoms with Gasteiger partial charge in [0, 0.05) is 38.6 Å². The lowest BCUT2D eigenvalue weighted by Gasteiger charge is -2.34. The molecule has 1 heterocycles. The van der Waals surface area contributed by atoms with Crippen LogP contribution in [0.5, 0.6) is 0 Å². The van der Waals surface area contributed by atoms with Gasteiger partial charge in [0.05, 0.1) is 0 Å². The Morgan fingerprint density at radius 2 is 1.70 bits per heavy atom. The van der Waals surface area contributed by atoms with Crippen LogP contribution in [0.3, 0.4) is 0 Å². The molecule has 0 unspecified atom stereocenters. The predicted molar refractivity (Wildman–Crippen MR) is 124 cm³/mol. The van der Waals surface area contributed by atoms with E-state index in [0.717, 1.165) is 25.0 Å². The van der Waals surface area contributed by atoms with Gasteiger partial charge in [-0.15, -0.1) is 24.0 Å². The van der Waals surface area contributed by atoms with E-state index in [1.807, 2.05) is 27.8 Å². The summed E-state index contributed by atoms with van der Waals surface area (Å²) in [5.41, 5.74) is 1.09. The molecule has 0 atom stereocenters. The van der Waals surface area contributed by atoms with Crippen LogP contribution < -0.4 is 10.6 Å². The van der Waals surface area contributed by atoms with Crippen LogP contribution in [-0.4, -0.2) is 50.0 Å². The number of halogens is 1. The van der Waals surface area contributed by atoms with E-state index in [1.54, 1.807) is 0 Å². The Kier molecular flexibility index (Phi) is 10.1. The molecule has 0 aliphatic carbocycles. The van der Waals surface area contributed by atoms with Gasteiger partial charge in [0.25, 0.3) is 0 Å². The van der Waals surface area contributed by atoms with Gasteiger partial charge in [-0.05, 0) is 30.7 Å². The first-order valence-electron chi connectivity index (χ1n) is 9.68. The Hall–Kier alpha value is -1.31. The summed E-state index contributed by atoms with van der Waals surface area (Å²) in [4.78, 5) is 18.6. The highest BCUT2D eigenvalue weighted by Crippen LogP contribution is 2.21. The highest BCUT2D eigenvalue weighted by molar-refractivity contribution is 14.0. The van der Waals surface area contributed by atoms with E-state index < -0.39 is 0 Å². The summed E-state index contributed by atoms with van der Waals surface area (Å²) in [5.74, 6) is 1.77. The molecular weight excluding hydrogens is 451 g/mol. The predicted octanol–water partition coefficient (Wildman–Crippen LogP) is 3.30. The fraction of sp³-hybridized carbons (Fsp3) is 0.619. The van der Waals surface area contributed by atoms with Gasteiger partial charge < -0.3 is 15.5 Å². The van der Waals surface area contributed by atoms with Crippen LogP contribution in [0.25, 0.3) is 0 Å². The number of hydrogen-bond donors (Lipinski definition) is 2. The van der Waals surface area contributed by atoms with E-state index in [2.05, 4.69) is 50.9 Å². The maximum absolute atomic E-state index is 11.9. The standard InChI is InChI=1S/C21H34N4O.HI/c1-21(2,3)19(26)23-12-13-24-20(22-4)25-14-10-18(11-15-25)16-17-8-6-5-7-9-17;/h5-9,18H,10-16H2,1-4H3,(H,22,24)(H,23,26);1H. The van der Waals surface area contributed by atoms with Crippen LogP contribution in [0.15, 0.2) is 35.3 Å². The fourth-order valence-electron chi connectivity index (χ4n) is 3.24. The quantitative estimate of drug-likeness (QED) is 0.291. The molecule has 0 saturated carbocycles. The van der Waals surface area contributed by atoms with Crippen molar-refractivity contribution in [2.75, 3.05) is 33.2 Å². The molecule has 1 saturated heterocycles. The van der Waals surface area contributed by atoms with Gasteiger partial charge in [-0.25, -0.2) is 0 Å². The van der Waals surface area contributed by atoms with Crippen molar-refractivity contribution in [3.8, 4) is 0 Å². The van der Waals surface area contributed by atoms with Crippen LogP contribution in [0.1, 0.15) is 39.2 Å². The molecular formula is C21H35IN4O. The van der Waals surface area contributed by atoms with Gasteiger partial charge >= 0.3 is 0 Å². The van der Waals surface area contributed by atoms with E-state index in [1.165, 1.54) is 24.8 Å². The van der Waals surface area contributed by atoms with Crippen molar-refractivity contribution in [2.45, 2.75) is 40.0 Å². The normalized spacial score (nSPS) is 15.9. The lowest BCUT2D eigenvalue weighted by atomic mass is 9.90. The van der Waals surface area contributed by atoms with Crippen molar-refractivity contribution < 1.29 is 4.79 Å². The number of likely N-dealkylation sites (tertiary alicyclic amines) is 1. The summed E-state index contributed by atoms with van der Waals surface area (Å²) < 4.78 is 0. The number of guanidine groups is 1. The summed E-state index contributed by atoms with van der Waals surface area (Å²) in [5, 5.41) is 6.34. The average Bonchev–Trinajstić information content (AvgIpc) is 2.62. The largest absolute Gasteiger partial charge is 0.354 e. The number of carbonyl (C=O) groups excluding carboxylic acids is 1. The second-order valence-corrected chi connectivity index (χ2v) is 8.10. The number of nitrogens with one attached hydrogen (secondary N) is 2. The van der Waals surface area contributed by atoms with Gasteiger partial charge in [0.2, 0.25) is 5.91 Å². The maximum atomic E-state index is 11.9. The summed E-state index contributed by atoms with van der Waals surface area (Å²) in [6, 6.07) is 10.8. The molecule has 1 aliphatic rings. The number of aliphatic imine (C=N–C) groups is 1. The van der Waals surface area contributed by atoms with Crippen molar-refractivity contribution in [2.24, 2.45) is 16.3 Å². The van der Waals surface area contributed by atoms with Gasteiger partial charge in [-0.1, -0.05) is 51.1 Å². The van der Waals surface area contributed by atoms with Crippen molar-refractivity contribution in [3.05, 3.63) is 35.9 Å². The van der Waals surface area contributed by atoms with Crippen molar-refractivity contribution in [1.29, 1.82) is 0 Å². The summed E-state index contributed by atoms with van der Waals surface area (Å²) in [6.45, 7) is 9.14. The van der Waals surface area contributed by atoms with E-state index in [4.69, 9.17) is 0 Å². The Labute approximate surface area is 181 Å². The van der Waals surface area contributed by atoms with Crippen LogP contribution >= 0.6 is 24.0 Å². The minimum Gasteiger partial charge on any atom is -0.354 e. The molecule has 27 heavy (non-hydrogen) atoms. The SMILES string of the molecule is CN=C(NCCNC(=O)C(C)(C)C)N1CCC(Cc2ccccc2)CC1.I. The lowest BCUT2D eigenvalue weighted by Crippen LogP contribution is -2.48. The lowest BCUT2D eigenvalue weighted by molar-refractivity contribution is -0.128. The minimum atomic E-state index is -0.345. The molecule has 1 aliphatic heterocycles. The molecule has 0 spiro atoms. The van der Waals surface area contributed by atoms with Crippen molar-refractivity contribution in [1.82, 2.24) is 15.5 Å². The number of carbonyl (C=O) groups is 1. The van der Waals surface area contributed by atoms with E-state index in [0.29, 0.717) is 13.1 Å². The number of nitrogens with zero attached hydrogens (tertiary/aromatic N) is 2. The Morgan fingerprint density at radius 3 is 2.26 bits per heavy atom. The van der Waals surface area contributed by atoms with Crippen LogP contribution in [-0.2, 0) is 11.2 Å². The van der Waals surface area contributed by atoms with Crippen LogP contribution in [0.2, 0.25) is 0 Å². The van der Waals surface area contributed by atoms with Crippen LogP contribution in [0, 0.1) is 11.3 Å². The van der Waals surface area contributed by atoms with E-state index >= 15 is 0 Å². The van der Waals surface area contributed by atoms with Crippen LogP contribution in [0.4, 0.5) is 0 Å². The number of piperidine rings is 1. The third-order valence-electron chi connectivity index (χ3n) is 4.87. The zero-order valence-corrected chi connectivity index (χ0v) is 19.5. The smallest absolute Gasteiger partial charge is 0.225 e. The second-order valence-electron chi connectivity index (χ2n) is 8.10. The van der Waals surface area contributed by atoms with Gasteiger partial charge in [0.1, 0.15) is 0 Å². The molecule has 1 fully saturated rings. The highest BCUT2D eigenvalue weighted by Gasteiger charge is 2.22. The van der Waals surface area contributed by atoms with Crippen molar-refractivity contribution >= 4 is 35.8 Å². The fourth-order valence-corrected chi connectivity index (χ4v) is 3.24. The molecule has 5 nitrogen and oxygen atoms in total. The third kappa shape index (κ3) is 8.07. The van der Waals surface area contributed by atoms with E-state index in [9.17, 15) is 4.79 Å². The Bertz CT molecular complexity index is 590. The summed E-state index contributed by atoms with van der Waals surface area (Å²) in [7, 11) is 1.83.